The number of amides is 1. The van der Waals surface area contributed by atoms with Crippen molar-refractivity contribution in [2.45, 2.75) is 12.5 Å². The minimum absolute atomic E-state index is 0.165. The van der Waals surface area contributed by atoms with Crippen LogP contribution < -0.4 is 11.1 Å². The van der Waals surface area contributed by atoms with Gasteiger partial charge in [-0.2, -0.15) is 0 Å². The van der Waals surface area contributed by atoms with Gasteiger partial charge >= 0.3 is 0 Å². The number of hydrogen-bond acceptors (Lipinski definition) is 2. The summed E-state index contributed by atoms with van der Waals surface area (Å²) in [7, 11) is 0. The van der Waals surface area contributed by atoms with E-state index in [4.69, 9.17) is 5.73 Å². The van der Waals surface area contributed by atoms with Gasteiger partial charge in [-0.25, -0.2) is 13.2 Å². The highest BCUT2D eigenvalue weighted by Crippen LogP contribution is 2.27. The third-order valence-electron chi connectivity index (χ3n) is 3.23. The van der Waals surface area contributed by atoms with Gasteiger partial charge in [-0.15, -0.1) is 0 Å². The SMILES string of the molecule is CC(Nc1ccc(F)cc1)(C(N)=O)c1ccc(F)c(F)c1. The Balaban J connectivity index is 2.42. The first-order chi connectivity index (χ1) is 9.83. The molecule has 0 spiro atoms. The van der Waals surface area contributed by atoms with E-state index in [1.54, 1.807) is 0 Å². The van der Waals surface area contributed by atoms with E-state index < -0.39 is 28.9 Å². The van der Waals surface area contributed by atoms with Crippen LogP contribution in [0.1, 0.15) is 12.5 Å². The lowest BCUT2D eigenvalue weighted by Gasteiger charge is -2.29. The summed E-state index contributed by atoms with van der Waals surface area (Å²) in [6, 6.07) is 8.31. The molecule has 1 unspecified atom stereocenters. The van der Waals surface area contributed by atoms with Gasteiger partial charge in [0.05, 0.1) is 0 Å². The van der Waals surface area contributed by atoms with Crippen molar-refractivity contribution in [1.82, 2.24) is 0 Å². The van der Waals surface area contributed by atoms with E-state index in [2.05, 4.69) is 5.32 Å². The van der Waals surface area contributed by atoms with Crippen LogP contribution in [0.4, 0.5) is 18.9 Å². The van der Waals surface area contributed by atoms with Crippen LogP contribution in [-0.4, -0.2) is 5.91 Å². The zero-order valence-corrected chi connectivity index (χ0v) is 11.2. The van der Waals surface area contributed by atoms with Crippen molar-refractivity contribution in [2.24, 2.45) is 5.73 Å². The number of primary amides is 1. The molecule has 6 heteroatoms. The molecule has 0 saturated carbocycles. The van der Waals surface area contributed by atoms with Crippen LogP contribution in [0.15, 0.2) is 42.5 Å². The van der Waals surface area contributed by atoms with Gasteiger partial charge in [-0.3, -0.25) is 4.79 Å². The van der Waals surface area contributed by atoms with Gasteiger partial charge < -0.3 is 11.1 Å². The summed E-state index contributed by atoms with van der Waals surface area (Å²) in [6.45, 7) is 1.44. The Hall–Kier alpha value is -2.50. The van der Waals surface area contributed by atoms with Crippen LogP contribution in [0.25, 0.3) is 0 Å². The second kappa shape index (κ2) is 5.47. The smallest absolute Gasteiger partial charge is 0.247 e. The zero-order chi connectivity index (χ0) is 15.6. The molecule has 0 radical (unpaired) electrons. The molecule has 0 aromatic heterocycles. The fraction of sp³-hybridized carbons (Fsp3) is 0.133. The van der Waals surface area contributed by atoms with E-state index >= 15 is 0 Å². The minimum atomic E-state index is -1.47. The number of rotatable bonds is 4. The molecule has 1 amide bonds. The minimum Gasteiger partial charge on any atom is -0.368 e. The first kappa shape index (κ1) is 14.9. The summed E-state index contributed by atoms with van der Waals surface area (Å²) in [6.07, 6.45) is 0. The van der Waals surface area contributed by atoms with E-state index in [0.29, 0.717) is 5.69 Å². The Morgan fingerprint density at radius 1 is 1.05 bits per heavy atom. The summed E-state index contributed by atoms with van der Waals surface area (Å²) >= 11 is 0. The normalized spacial score (nSPS) is 13.5. The summed E-state index contributed by atoms with van der Waals surface area (Å²) in [5, 5.41) is 2.81. The number of carbonyl (C=O) groups excluding carboxylic acids is 1. The van der Waals surface area contributed by atoms with Crippen molar-refractivity contribution in [3.05, 3.63) is 65.5 Å². The molecule has 2 rings (SSSR count). The fourth-order valence-corrected chi connectivity index (χ4v) is 1.91. The van der Waals surface area contributed by atoms with Gasteiger partial charge in [-0.1, -0.05) is 6.07 Å². The van der Waals surface area contributed by atoms with E-state index in [1.807, 2.05) is 0 Å². The Kier molecular flexibility index (Phi) is 3.88. The van der Waals surface area contributed by atoms with Crippen LogP contribution in [0.5, 0.6) is 0 Å². The molecule has 2 aromatic carbocycles. The molecule has 3 nitrogen and oxygen atoms in total. The lowest BCUT2D eigenvalue weighted by molar-refractivity contribution is -0.122. The maximum absolute atomic E-state index is 13.4. The molecule has 0 aliphatic heterocycles. The number of nitrogens with two attached hydrogens (primary N) is 1. The van der Waals surface area contributed by atoms with Crippen molar-refractivity contribution in [3.8, 4) is 0 Å². The molecule has 3 N–H and O–H groups in total. The van der Waals surface area contributed by atoms with Gasteiger partial charge in [0.1, 0.15) is 11.4 Å². The third-order valence-corrected chi connectivity index (χ3v) is 3.23. The van der Waals surface area contributed by atoms with Gasteiger partial charge in [0.25, 0.3) is 0 Å². The Morgan fingerprint density at radius 3 is 2.19 bits per heavy atom. The Labute approximate surface area is 119 Å². The van der Waals surface area contributed by atoms with Crippen molar-refractivity contribution >= 4 is 11.6 Å². The monoisotopic (exact) mass is 294 g/mol. The molecule has 110 valence electrons. The zero-order valence-electron chi connectivity index (χ0n) is 11.2. The molecule has 0 saturated heterocycles. The number of carbonyl (C=O) groups is 1. The summed E-state index contributed by atoms with van der Waals surface area (Å²) < 4.78 is 39.3. The molecule has 0 heterocycles. The lowest BCUT2D eigenvalue weighted by atomic mass is 9.90. The predicted molar refractivity (Wildman–Crippen MR) is 72.9 cm³/mol. The molecular weight excluding hydrogens is 281 g/mol. The largest absolute Gasteiger partial charge is 0.368 e. The number of nitrogens with one attached hydrogen (secondary N) is 1. The first-order valence-corrected chi connectivity index (χ1v) is 6.12. The molecular formula is C15H13F3N2O. The topological polar surface area (TPSA) is 55.1 Å². The molecule has 0 fully saturated rings. The van der Waals surface area contributed by atoms with Crippen LogP contribution in [0.3, 0.4) is 0 Å². The molecule has 0 aliphatic rings. The molecule has 1 atom stereocenters. The maximum atomic E-state index is 13.4. The highest BCUT2D eigenvalue weighted by Gasteiger charge is 2.34. The highest BCUT2D eigenvalue weighted by atomic mass is 19.2. The van der Waals surface area contributed by atoms with Crippen LogP contribution >= 0.6 is 0 Å². The fourth-order valence-electron chi connectivity index (χ4n) is 1.91. The van der Waals surface area contributed by atoms with Gasteiger partial charge in [0.15, 0.2) is 11.6 Å². The molecule has 2 aromatic rings. The summed E-state index contributed by atoms with van der Waals surface area (Å²) in [5.41, 5.74) is 4.50. The molecule has 21 heavy (non-hydrogen) atoms. The second-order valence-electron chi connectivity index (χ2n) is 4.75. The van der Waals surface area contributed by atoms with E-state index in [9.17, 15) is 18.0 Å². The third kappa shape index (κ3) is 2.99. The second-order valence-corrected chi connectivity index (χ2v) is 4.75. The number of benzene rings is 2. The predicted octanol–water partition coefficient (Wildman–Crippen LogP) is 2.92. The van der Waals surface area contributed by atoms with Crippen molar-refractivity contribution < 1.29 is 18.0 Å². The van der Waals surface area contributed by atoms with Gasteiger partial charge in [0.2, 0.25) is 5.91 Å². The van der Waals surface area contributed by atoms with Crippen LogP contribution in [0, 0.1) is 17.5 Å². The quantitative estimate of drug-likeness (QED) is 0.911. The summed E-state index contributed by atoms with van der Waals surface area (Å²) in [4.78, 5) is 11.8. The van der Waals surface area contributed by atoms with Gasteiger partial charge in [-0.05, 0) is 48.9 Å². The molecule has 0 aliphatic carbocycles. The van der Waals surface area contributed by atoms with Crippen molar-refractivity contribution in [3.63, 3.8) is 0 Å². The van der Waals surface area contributed by atoms with E-state index in [0.717, 1.165) is 12.1 Å². The highest BCUT2D eigenvalue weighted by molar-refractivity contribution is 5.89. The average Bonchev–Trinajstić information content (AvgIpc) is 2.44. The van der Waals surface area contributed by atoms with E-state index in [-0.39, 0.29) is 5.56 Å². The number of anilines is 1. The van der Waals surface area contributed by atoms with E-state index in [1.165, 1.54) is 37.3 Å². The van der Waals surface area contributed by atoms with Crippen LogP contribution in [-0.2, 0) is 10.3 Å². The number of hydrogen-bond donors (Lipinski definition) is 2. The summed E-state index contributed by atoms with van der Waals surface area (Å²) in [5.74, 6) is -3.32. The number of halogens is 3. The Bertz CT molecular complexity index is 673. The first-order valence-electron chi connectivity index (χ1n) is 6.12. The van der Waals surface area contributed by atoms with Crippen molar-refractivity contribution in [1.29, 1.82) is 0 Å². The maximum Gasteiger partial charge on any atom is 0.247 e. The molecule has 0 bridgehead atoms. The van der Waals surface area contributed by atoms with Crippen molar-refractivity contribution in [2.75, 3.05) is 5.32 Å². The van der Waals surface area contributed by atoms with Crippen LogP contribution in [0.2, 0.25) is 0 Å². The van der Waals surface area contributed by atoms with Gasteiger partial charge in [0, 0.05) is 5.69 Å². The average molecular weight is 294 g/mol. The lowest BCUT2D eigenvalue weighted by Crippen LogP contribution is -2.45. The Morgan fingerprint density at radius 2 is 1.67 bits per heavy atom. The standard InChI is InChI=1S/C15H13F3N2O/c1-15(14(19)21,9-2-7-12(17)13(18)8-9)20-11-5-3-10(16)4-6-11/h2-8,20H,1H3,(H2,19,21).